The van der Waals surface area contributed by atoms with Gasteiger partial charge >= 0.3 is 0 Å². The molecule has 0 aliphatic rings. The number of anilines is 1. The standard InChI is InChI=1S/C13H15IN2O3S/c1-2-15-9-12-7-8-13(19-12)20(17,18)16-11-5-3-10(14)4-6-11/h3-8,15-16H,2,9H2,1H3. The molecule has 0 spiro atoms. The lowest BCUT2D eigenvalue weighted by Crippen LogP contribution is -2.13. The highest BCUT2D eigenvalue weighted by Crippen LogP contribution is 2.19. The van der Waals surface area contributed by atoms with Crippen LogP contribution in [0.2, 0.25) is 0 Å². The highest BCUT2D eigenvalue weighted by atomic mass is 127. The molecule has 7 heteroatoms. The first-order valence-electron chi connectivity index (χ1n) is 6.09. The highest BCUT2D eigenvalue weighted by molar-refractivity contribution is 14.1. The number of furan rings is 1. The first kappa shape index (κ1) is 15.3. The van der Waals surface area contributed by atoms with Crippen molar-refractivity contribution in [2.45, 2.75) is 18.6 Å². The van der Waals surface area contributed by atoms with Crippen molar-refractivity contribution < 1.29 is 12.8 Å². The van der Waals surface area contributed by atoms with Crippen molar-refractivity contribution in [1.82, 2.24) is 5.32 Å². The van der Waals surface area contributed by atoms with E-state index in [0.717, 1.165) is 10.1 Å². The molecule has 108 valence electrons. The molecule has 0 atom stereocenters. The molecule has 1 heterocycles. The van der Waals surface area contributed by atoms with E-state index in [4.69, 9.17) is 4.42 Å². The SMILES string of the molecule is CCNCc1ccc(S(=O)(=O)Nc2ccc(I)cc2)o1. The third-order valence-corrected chi connectivity index (χ3v) is 4.52. The predicted octanol–water partition coefficient (Wildman–Crippen LogP) is 2.79. The largest absolute Gasteiger partial charge is 0.446 e. The van der Waals surface area contributed by atoms with Gasteiger partial charge < -0.3 is 9.73 Å². The second-order valence-corrected chi connectivity index (χ2v) is 6.97. The monoisotopic (exact) mass is 406 g/mol. The zero-order valence-corrected chi connectivity index (χ0v) is 13.9. The van der Waals surface area contributed by atoms with Crippen LogP contribution in [0, 0.1) is 3.57 Å². The number of benzene rings is 1. The quantitative estimate of drug-likeness (QED) is 0.724. The molecule has 0 radical (unpaired) electrons. The Bertz CT molecular complexity index is 665. The number of rotatable bonds is 6. The minimum atomic E-state index is -3.68. The Morgan fingerprint density at radius 2 is 1.85 bits per heavy atom. The van der Waals surface area contributed by atoms with Crippen LogP contribution in [0.25, 0.3) is 0 Å². The molecular formula is C13H15IN2O3S. The molecule has 2 rings (SSSR count). The topological polar surface area (TPSA) is 71.3 Å². The van der Waals surface area contributed by atoms with Gasteiger partial charge in [0.05, 0.1) is 6.54 Å². The molecule has 20 heavy (non-hydrogen) atoms. The Labute approximate surface area is 131 Å². The summed E-state index contributed by atoms with van der Waals surface area (Å²) in [4.78, 5) is 0. The molecule has 0 saturated heterocycles. The maximum Gasteiger partial charge on any atom is 0.295 e. The zero-order chi connectivity index (χ0) is 14.6. The van der Waals surface area contributed by atoms with E-state index in [-0.39, 0.29) is 5.09 Å². The highest BCUT2D eigenvalue weighted by Gasteiger charge is 2.18. The number of hydrogen-bond acceptors (Lipinski definition) is 4. The van der Waals surface area contributed by atoms with Crippen molar-refractivity contribution in [1.29, 1.82) is 0 Å². The van der Waals surface area contributed by atoms with Crippen molar-refractivity contribution >= 4 is 38.3 Å². The van der Waals surface area contributed by atoms with Gasteiger partial charge in [-0.2, -0.15) is 8.42 Å². The number of hydrogen-bond donors (Lipinski definition) is 2. The smallest absolute Gasteiger partial charge is 0.295 e. The van der Waals surface area contributed by atoms with Crippen LogP contribution in [0.4, 0.5) is 5.69 Å². The lowest BCUT2D eigenvalue weighted by molar-refractivity contribution is 0.405. The molecule has 0 bridgehead atoms. The molecule has 1 aromatic carbocycles. The number of nitrogens with one attached hydrogen (secondary N) is 2. The second-order valence-electron chi connectivity index (χ2n) is 4.11. The summed E-state index contributed by atoms with van der Waals surface area (Å²) in [6.07, 6.45) is 0. The summed E-state index contributed by atoms with van der Waals surface area (Å²) in [6.45, 7) is 3.28. The fourth-order valence-corrected chi connectivity index (χ4v) is 2.94. The van der Waals surface area contributed by atoms with Crippen molar-refractivity contribution in [3.8, 4) is 0 Å². The van der Waals surface area contributed by atoms with Crippen LogP contribution < -0.4 is 10.0 Å². The summed E-state index contributed by atoms with van der Waals surface area (Å²) in [5, 5.41) is 3.00. The predicted molar refractivity (Wildman–Crippen MR) is 86.1 cm³/mol. The lowest BCUT2D eigenvalue weighted by atomic mass is 10.3. The van der Waals surface area contributed by atoms with E-state index in [9.17, 15) is 8.42 Å². The molecule has 2 N–H and O–H groups in total. The number of halogens is 1. The zero-order valence-electron chi connectivity index (χ0n) is 10.9. The minimum absolute atomic E-state index is 0.0797. The van der Waals surface area contributed by atoms with Gasteiger partial charge in [0, 0.05) is 9.26 Å². The molecule has 2 aromatic rings. The third kappa shape index (κ3) is 3.97. The molecule has 0 aliphatic carbocycles. The second kappa shape index (κ2) is 6.59. The summed E-state index contributed by atoms with van der Waals surface area (Å²) >= 11 is 2.16. The van der Waals surface area contributed by atoms with Crippen LogP contribution in [-0.2, 0) is 16.6 Å². The molecule has 1 aromatic heterocycles. The number of sulfonamides is 1. The van der Waals surface area contributed by atoms with Gasteiger partial charge in [-0.1, -0.05) is 6.92 Å². The maximum absolute atomic E-state index is 12.1. The fourth-order valence-electron chi connectivity index (χ4n) is 1.57. The van der Waals surface area contributed by atoms with Crippen molar-refractivity contribution in [3.63, 3.8) is 0 Å². The van der Waals surface area contributed by atoms with E-state index in [1.807, 2.05) is 19.1 Å². The first-order chi connectivity index (χ1) is 9.51. The van der Waals surface area contributed by atoms with Gasteiger partial charge in [0.25, 0.3) is 10.0 Å². The van der Waals surface area contributed by atoms with Crippen LogP contribution in [0.3, 0.4) is 0 Å². The van der Waals surface area contributed by atoms with Crippen LogP contribution in [0.5, 0.6) is 0 Å². The van der Waals surface area contributed by atoms with E-state index in [1.54, 1.807) is 18.2 Å². The van der Waals surface area contributed by atoms with Gasteiger partial charge in [-0.15, -0.1) is 0 Å². The molecule has 0 unspecified atom stereocenters. The summed E-state index contributed by atoms with van der Waals surface area (Å²) < 4.78 is 33.1. The van der Waals surface area contributed by atoms with Gasteiger partial charge in [0.1, 0.15) is 5.76 Å². The average molecular weight is 406 g/mol. The molecule has 5 nitrogen and oxygen atoms in total. The Kier molecular flexibility index (Phi) is 5.06. The first-order valence-corrected chi connectivity index (χ1v) is 8.65. The summed E-state index contributed by atoms with van der Waals surface area (Å²) in [7, 11) is -3.68. The summed E-state index contributed by atoms with van der Waals surface area (Å²) in [6, 6.07) is 10.2. The maximum atomic E-state index is 12.1. The van der Waals surface area contributed by atoms with Gasteiger partial charge in [0.2, 0.25) is 5.09 Å². The van der Waals surface area contributed by atoms with E-state index in [0.29, 0.717) is 18.0 Å². The minimum Gasteiger partial charge on any atom is -0.446 e. The van der Waals surface area contributed by atoms with Crippen LogP contribution in [0.15, 0.2) is 45.9 Å². The van der Waals surface area contributed by atoms with E-state index >= 15 is 0 Å². The lowest BCUT2D eigenvalue weighted by Gasteiger charge is -2.05. The van der Waals surface area contributed by atoms with Crippen LogP contribution in [0.1, 0.15) is 12.7 Å². The molecule has 0 fully saturated rings. The van der Waals surface area contributed by atoms with E-state index in [2.05, 4.69) is 32.6 Å². The average Bonchev–Trinajstić information content (AvgIpc) is 2.88. The van der Waals surface area contributed by atoms with Crippen molar-refractivity contribution in [3.05, 3.63) is 45.7 Å². The summed E-state index contributed by atoms with van der Waals surface area (Å²) in [5.74, 6) is 0.592. The molecule has 0 saturated carbocycles. The van der Waals surface area contributed by atoms with Crippen molar-refractivity contribution in [2.24, 2.45) is 0 Å². The van der Waals surface area contributed by atoms with Crippen LogP contribution in [-0.4, -0.2) is 15.0 Å². The Hall–Kier alpha value is -1.06. The van der Waals surface area contributed by atoms with E-state index in [1.165, 1.54) is 6.07 Å². The van der Waals surface area contributed by atoms with Crippen molar-refractivity contribution in [2.75, 3.05) is 11.3 Å². The molecule has 0 aliphatic heterocycles. The molecular weight excluding hydrogens is 391 g/mol. The van der Waals surface area contributed by atoms with Gasteiger partial charge in [-0.05, 0) is 65.5 Å². The Morgan fingerprint density at radius 1 is 1.15 bits per heavy atom. The van der Waals surface area contributed by atoms with Gasteiger partial charge in [-0.3, -0.25) is 4.72 Å². The van der Waals surface area contributed by atoms with Crippen LogP contribution >= 0.6 is 22.6 Å². The Morgan fingerprint density at radius 3 is 2.50 bits per heavy atom. The Balaban J connectivity index is 2.13. The van der Waals surface area contributed by atoms with Gasteiger partial charge in [0.15, 0.2) is 0 Å². The summed E-state index contributed by atoms with van der Waals surface area (Å²) in [5.41, 5.74) is 0.509. The van der Waals surface area contributed by atoms with E-state index < -0.39 is 10.0 Å². The molecule has 0 amide bonds. The fraction of sp³-hybridized carbons (Fsp3) is 0.231. The third-order valence-electron chi connectivity index (χ3n) is 2.55. The van der Waals surface area contributed by atoms with Gasteiger partial charge in [-0.25, -0.2) is 0 Å². The normalized spacial score (nSPS) is 11.5.